The van der Waals surface area contributed by atoms with Crippen LogP contribution in [0.25, 0.3) is 0 Å². The van der Waals surface area contributed by atoms with E-state index in [4.69, 9.17) is 13.1 Å². The second-order valence-electron chi connectivity index (χ2n) is 10.4. The lowest BCUT2D eigenvalue weighted by molar-refractivity contribution is 0.228. The van der Waals surface area contributed by atoms with Gasteiger partial charge in [0.25, 0.3) is 20.2 Å². The second-order valence-corrected chi connectivity index (χ2v) is 13.7. The molecule has 222 valence electrons. The number of ether oxygens (including phenoxy) is 1. The molecule has 0 aliphatic rings. The summed E-state index contributed by atoms with van der Waals surface area (Å²) in [5, 5.41) is 0. The molecule has 0 saturated heterocycles. The second kappa shape index (κ2) is 20.7. The minimum atomic E-state index is -3.65. The zero-order valence-corrected chi connectivity index (χ0v) is 25.6. The third kappa shape index (κ3) is 20.8. The predicted molar refractivity (Wildman–Crippen MR) is 156 cm³/mol. The molecule has 0 atom stereocenters. The number of hydrogen-bond acceptors (Lipinski definition) is 7. The Morgan fingerprint density at radius 2 is 0.947 bits per heavy atom. The van der Waals surface area contributed by atoms with Crippen LogP contribution in [0.15, 0.2) is 24.3 Å². The lowest BCUT2D eigenvalue weighted by Gasteiger charge is -2.17. The third-order valence-corrected chi connectivity index (χ3v) is 7.71. The molecular weight excluding hydrogens is 524 g/mol. The van der Waals surface area contributed by atoms with Gasteiger partial charge in [0.15, 0.2) is 0 Å². The minimum absolute atomic E-state index is 0.201. The Morgan fingerprint density at radius 1 is 0.579 bits per heavy atom. The number of benzene rings is 1. The van der Waals surface area contributed by atoms with Crippen LogP contribution in [0, 0.1) is 0 Å². The average Bonchev–Trinajstić information content (AvgIpc) is 2.85. The Balaban J connectivity index is 2.13. The summed E-state index contributed by atoms with van der Waals surface area (Å²) in [4.78, 5) is 0. The molecule has 0 bridgehead atoms. The fourth-order valence-electron chi connectivity index (χ4n) is 4.33. The molecule has 0 heterocycles. The first kappa shape index (κ1) is 34.9. The van der Waals surface area contributed by atoms with Gasteiger partial charge in [0, 0.05) is 5.92 Å². The fraction of sp³-hybridized carbons (Fsp3) is 0.793. The molecule has 0 unspecified atom stereocenters. The van der Waals surface area contributed by atoms with Crippen molar-refractivity contribution in [1.29, 1.82) is 0 Å². The van der Waals surface area contributed by atoms with Gasteiger partial charge in [-0.25, -0.2) is 0 Å². The van der Waals surface area contributed by atoms with Crippen molar-refractivity contribution >= 4 is 20.2 Å². The maximum absolute atomic E-state index is 11.4. The Bertz CT molecular complexity index is 877. The van der Waals surface area contributed by atoms with Crippen molar-refractivity contribution in [3.05, 3.63) is 29.8 Å². The van der Waals surface area contributed by atoms with Crippen molar-refractivity contribution in [3.8, 4) is 5.75 Å². The molecule has 38 heavy (non-hydrogen) atoms. The van der Waals surface area contributed by atoms with E-state index in [9.17, 15) is 16.8 Å². The summed E-state index contributed by atoms with van der Waals surface area (Å²) < 4.78 is 61.0. The summed E-state index contributed by atoms with van der Waals surface area (Å²) in [6.07, 6.45) is 23.2. The summed E-state index contributed by atoms with van der Waals surface area (Å²) >= 11 is 0. The Labute approximate surface area is 233 Å². The lowest BCUT2D eigenvalue weighted by atomic mass is 10.0. The monoisotopic (exact) mass is 576 g/mol. The molecule has 0 aliphatic heterocycles. The molecule has 0 aliphatic carbocycles. The third-order valence-electron chi connectivity index (χ3n) is 6.58. The standard InChI is InChI=1S/C29H52O7S2/c1-4-5-6-7-8-9-10-11-12-13-14-15-16-17-18-19-24-34-29-22-20-27(21-23-29)28(25-35-37(2,30)31)26-36-38(3,32)33/h20-23,28H,4-19,24-26H2,1-3H3. The van der Waals surface area contributed by atoms with Crippen molar-refractivity contribution < 1.29 is 29.9 Å². The van der Waals surface area contributed by atoms with E-state index in [1.807, 2.05) is 0 Å². The minimum Gasteiger partial charge on any atom is -0.494 e. The highest BCUT2D eigenvalue weighted by Gasteiger charge is 2.18. The molecule has 0 radical (unpaired) electrons. The van der Waals surface area contributed by atoms with Crippen LogP contribution in [-0.2, 0) is 28.6 Å². The number of rotatable bonds is 25. The van der Waals surface area contributed by atoms with E-state index in [2.05, 4.69) is 6.92 Å². The van der Waals surface area contributed by atoms with E-state index in [1.54, 1.807) is 24.3 Å². The van der Waals surface area contributed by atoms with Gasteiger partial charge < -0.3 is 4.74 Å². The van der Waals surface area contributed by atoms with E-state index in [1.165, 1.54) is 89.9 Å². The molecule has 0 fully saturated rings. The molecule has 9 heteroatoms. The van der Waals surface area contributed by atoms with Crippen LogP contribution >= 0.6 is 0 Å². The Morgan fingerprint density at radius 3 is 1.32 bits per heavy atom. The van der Waals surface area contributed by atoms with Crippen LogP contribution in [0.3, 0.4) is 0 Å². The molecule has 0 N–H and O–H groups in total. The molecule has 0 spiro atoms. The Hall–Kier alpha value is -1.16. The van der Waals surface area contributed by atoms with Crippen LogP contribution in [-0.4, -0.2) is 49.2 Å². The van der Waals surface area contributed by atoms with Crippen LogP contribution in [0.5, 0.6) is 5.75 Å². The van der Waals surface area contributed by atoms with Crippen LogP contribution in [0.4, 0.5) is 0 Å². The van der Waals surface area contributed by atoms with Crippen LogP contribution in [0.1, 0.15) is 121 Å². The fourth-order valence-corrected chi connectivity index (χ4v) is 5.15. The van der Waals surface area contributed by atoms with E-state index in [0.717, 1.165) is 31.1 Å². The molecule has 1 aromatic rings. The van der Waals surface area contributed by atoms with Crippen molar-refractivity contribution in [2.75, 3.05) is 32.3 Å². The Kier molecular flexibility index (Phi) is 19.0. The van der Waals surface area contributed by atoms with E-state index < -0.39 is 26.2 Å². The summed E-state index contributed by atoms with van der Waals surface area (Å²) in [5.41, 5.74) is 0.715. The van der Waals surface area contributed by atoms with Gasteiger partial charge in [0.2, 0.25) is 0 Å². The first-order chi connectivity index (χ1) is 18.1. The van der Waals surface area contributed by atoms with Crippen molar-refractivity contribution in [2.45, 2.75) is 116 Å². The summed E-state index contributed by atoms with van der Waals surface area (Å²) in [6, 6.07) is 7.17. The zero-order chi connectivity index (χ0) is 28.1. The van der Waals surface area contributed by atoms with Gasteiger partial charge in [-0.1, -0.05) is 115 Å². The van der Waals surface area contributed by atoms with Gasteiger partial charge >= 0.3 is 0 Å². The molecule has 1 rings (SSSR count). The van der Waals surface area contributed by atoms with Crippen molar-refractivity contribution in [1.82, 2.24) is 0 Å². The highest BCUT2D eigenvalue weighted by molar-refractivity contribution is 7.86. The van der Waals surface area contributed by atoms with Crippen molar-refractivity contribution in [2.24, 2.45) is 0 Å². The largest absolute Gasteiger partial charge is 0.494 e. The quantitative estimate of drug-likeness (QED) is 0.0886. The number of unbranched alkanes of at least 4 members (excludes halogenated alkanes) is 15. The zero-order valence-electron chi connectivity index (χ0n) is 24.0. The normalized spacial score (nSPS) is 12.3. The lowest BCUT2D eigenvalue weighted by Crippen LogP contribution is -2.19. The number of hydrogen-bond donors (Lipinski definition) is 0. The summed E-state index contributed by atoms with van der Waals surface area (Å²) in [6.45, 7) is 2.52. The topological polar surface area (TPSA) is 96.0 Å². The molecule has 0 saturated carbocycles. The summed E-state index contributed by atoms with van der Waals surface area (Å²) in [7, 11) is -7.31. The molecule has 0 amide bonds. The predicted octanol–water partition coefficient (Wildman–Crippen LogP) is 7.36. The maximum atomic E-state index is 11.4. The van der Waals surface area contributed by atoms with Gasteiger partial charge in [-0.3, -0.25) is 8.37 Å². The van der Waals surface area contributed by atoms with E-state index >= 15 is 0 Å². The molecule has 0 aromatic heterocycles. The first-order valence-electron chi connectivity index (χ1n) is 14.5. The molecule has 1 aromatic carbocycles. The highest BCUT2D eigenvalue weighted by atomic mass is 32.2. The van der Waals surface area contributed by atoms with Gasteiger partial charge in [-0.2, -0.15) is 16.8 Å². The molecular formula is C29H52O7S2. The van der Waals surface area contributed by atoms with Gasteiger partial charge in [0.05, 0.1) is 32.3 Å². The summed E-state index contributed by atoms with van der Waals surface area (Å²) in [5.74, 6) is 0.176. The maximum Gasteiger partial charge on any atom is 0.264 e. The van der Waals surface area contributed by atoms with E-state index in [0.29, 0.717) is 12.2 Å². The van der Waals surface area contributed by atoms with Crippen LogP contribution < -0.4 is 4.74 Å². The van der Waals surface area contributed by atoms with E-state index in [-0.39, 0.29) is 13.2 Å². The highest BCUT2D eigenvalue weighted by Crippen LogP contribution is 2.22. The van der Waals surface area contributed by atoms with Crippen molar-refractivity contribution in [3.63, 3.8) is 0 Å². The SMILES string of the molecule is CCCCCCCCCCCCCCCCCCOc1ccc(C(COS(C)(=O)=O)COS(C)(=O)=O)cc1. The smallest absolute Gasteiger partial charge is 0.264 e. The average molecular weight is 577 g/mol. The first-order valence-corrected chi connectivity index (χ1v) is 18.2. The molecule has 7 nitrogen and oxygen atoms in total. The van der Waals surface area contributed by atoms with Gasteiger partial charge in [-0.15, -0.1) is 0 Å². The van der Waals surface area contributed by atoms with Crippen LogP contribution in [0.2, 0.25) is 0 Å². The van der Waals surface area contributed by atoms with Gasteiger partial charge in [-0.05, 0) is 24.1 Å². The van der Waals surface area contributed by atoms with Gasteiger partial charge in [0.1, 0.15) is 5.75 Å².